The highest BCUT2D eigenvalue weighted by Gasteiger charge is 2.15. The van der Waals surface area contributed by atoms with E-state index in [1.165, 1.54) is 0 Å². The largest absolute Gasteiger partial charge is 0.479 e. The Morgan fingerprint density at radius 2 is 2.25 bits per heavy atom. The van der Waals surface area contributed by atoms with E-state index in [9.17, 15) is 4.79 Å². The number of carbonyl (C=O) groups is 1. The van der Waals surface area contributed by atoms with Crippen molar-refractivity contribution < 1.29 is 19.7 Å². The molecule has 0 aliphatic heterocycles. The number of ether oxygens (including phenoxy) is 1. The molecule has 2 N–H and O–H groups in total. The molecule has 0 aromatic heterocycles. The van der Waals surface area contributed by atoms with Crippen molar-refractivity contribution in [2.24, 2.45) is 0 Å². The van der Waals surface area contributed by atoms with Gasteiger partial charge < -0.3 is 14.9 Å². The maximum atomic E-state index is 10.5. The van der Waals surface area contributed by atoms with Gasteiger partial charge in [-0.25, -0.2) is 4.79 Å². The van der Waals surface area contributed by atoms with Crippen molar-refractivity contribution in [3.8, 4) is 0 Å². The molecule has 0 aliphatic rings. The van der Waals surface area contributed by atoms with Gasteiger partial charge in [-0.15, -0.1) is 0 Å². The number of aliphatic carboxylic acids is 1. The fourth-order valence-electron chi connectivity index (χ4n) is 0.830. The van der Waals surface area contributed by atoms with Crippen LogP contribution in [0.15, 0.2) is 0 Å². The van der Waals surface area contributed by atoms with E-state index in [0.29, 0.717) is 19.4 Å². The zero-order chi connectivity index (χ0) is 9.40. The Bertz CT molecular complexity index is 124. The van der Waals surface area contributed by atoms with Gasteiger partial charge in [0.25, 0.3) is 0 Å². The third-order valence-corrected chi connectivity index (χ3v) is 1.45. The molecule has 0 spiro atoms. The van der Waals surface area contributed by atoms with Gasteiger partial charge >= 0.3 is 5.97 Å². The Kier molecular flexibility index (Phi) is 6.70. The Balaban J connectivity index is 3.56. The monoisotopic (exact) mass is 176 g/mol. The van der Waals surface area contributed by atoms with E-state index in [0.717, 1.165) is 6.42 Å². The molecular weight excluding hydrogens is 160 g/mol. The van der Waals surface area contributed by atoms with Gasteiger partial charge in [0.1, 0.15) is 0 Å². The maximum Gasteiger partial charge on any atom is 0.332 e. The van der Waals surface area contributed by atoms with E-state index in [4.69, 9.17) is 14.9 Å². The number of rotatable bonds is 7. The molecule has 4 nitrogen and oxygen atoms in total. The number of aliphatic hydroxyl groups is 1. The molecule has 0 aromatic rings. The second-order valence-corrected chi connectivity index (χ2v) is 2.56. The Morgan fingerprint density at radius 3 is 2.67 bits per heavy atom. The van der Waals surface area contributed by atoms with Gasteiger partial charge in [0.05, 0.1) is 0 Å². The van der Waals surface area contributed by atoms with Crippen LogP contribution < -0.4 is 0 Å². The van der Waals surface area contributed by atoms with Gasteiger partial charge in [0, 0.05) is 13.2 Å². The number of hydrogen-bond acceptors (Lipinski definition) is 3. The fraction of sp³-hybridized carbons (Fsp3) is 0.875. The molecule has 72 valence electrons. The van der Waals surface area contributed by atoms with E-state index >= 15 is 0 Å². The Hall–Kier alpha value is -0.610. The average molecular weight is 176 g/mol. The molecule has 0 radical (unpaired) electrons. The zero-order valence-electron chi connectivity index (χ0n) is 7.32. The highest BCUT2D eigenvalue weighted by Crippen LogP contribution is 2.02. The second-order valence-electron chi connectivity index (χ2n) is 2.56. The topological polar surface area (TPSA) is 66.8 Å². The summed E-state index contributed by atoms with van der Waals surface area (Å²) in [5.41, 5.74) is 0. The molecule has 0 heterocycles. The van der Waals surface area contributed by atoms with Crippen LogP contribution in [0.25, 0.3) is 0 Å². The molecule has 0 fully saturated rings. The maximum absolute atomic E-state index is 10.5. The zero-order valence-corrected chi connectivity index (χ0v) is 7.32. The fourth-order valence-corrected chi connectivity index (χ4v) is 0.830. The standard InChI is InChI=1S/C8H16O4/c1-2-4-7(8(10)11)12-6-3-5-9/h7,9H,2-6H2,1H3,(H,10,11). The Morgan fingerprint density at radius 1 is 1.58 bits per heavy atom. The normalized spacial score (nSPS) is 12.8. The average Bonchev–Trinajstić information content (AvgIpc) is 2.03. The van der Waals surface area contributed by atoms with Crippen molar-refractivity contribution in [2.75, 3.05) is 13.2 Å². The van der Waals surface area contributed by atoms with Crippen LogP contribution >= 0.6 is 0 Å². The van der Waals surface area contributed by atoms with Crippen molar-refractivity contribution in [3.05, 3.63) is 0 Å². The van der Waals surface area contributed by atoms with Crippen LogP contribution in [0.2, 0.25) is 0 Å². The molecule has 0 saturated heterocycles. The van der Waals surface area contributed by atoms with Gasteiger partial charge in [0.15, 0.2) is 6.10 Å². The summed E-state index contributed by atoms with van der Waals surface area (Å²) in [6, 6.07) is 0. The molecule has 0 saturated carbocycles. The predicted molar refractivity (Wildman–Crippen MR) is 44.0 cm³/mol. The van der Waals surface area contributed by atoms with Crippen molar-refractivity contribution >= 4 is 5.97 Å². The van der Waals surface area contributed by atoms with Gasteiger partial charge in [0.2, 0.25) is 0 Å². The summed E-state index contributed by atoms with van der Waals surface area (Å²) >= 11 is 0. The van der Waals surface area contributed by atoms with Gasteiger partial charge in [-0.1, -0.05) is 13.3 Å². The van der Waals surface area contributed by atoms with Crippen LogP contribution in [0.3, 0.4) is 0 Å². The van der Waals surface area contributed by atoms with Crippen LogP contribution in [-0.4, -0.2) is 35.5 Å². The number of aliphatic hydroxyl groups excluding tert-OH is 1. The van der Waals surface area contributed by atoms with Crippen molar-refractivity contribution in [1.82, 2.24) is 0 Å². The molecule has 0 rings (SSSR count). The van der Waals surface area contributed by atoms with E-state index in [2.05, 4.69) is 0 Å². The molecule has 12 heavy (non-hydrogen) atoms. The highest BCUT2D eigenvalue weighted by atomic mass is 16.5. The predicted octanol–water partition coefficient (Wildman–Crippen LogP) is 0.639. The summed E-state index contributed by atoms with van der Waals surface area (Å²) in [5.74, 6) is -0.921. The van der Waals surface area contributed by atoms with Crippen LogP contribution in [-0.2, 0) is 9.53 Å². The molecule has 4 heteroatoms. The first-order valence-corrected chi connectivity index (χ1v) is 4.17. The van der Waals surface area contributed by atoms with Crippen LogP contribution in [0.1, 0.15) is 26.2 Å². The number of carboxylic acid groups (broad SMARTS) is 1. The lowest BCUT2D eigenvalue weighted by Crippen LogP contribution is -2.24. The first-order chi connectivity index (χ1) is 5.72. The number of carboxylic acids is 1. The van der Waals surface area contributed by atoms with Crippen LogP contribution in [0.4, 0.5) is 0 Å². The van der Waals surface area contributed by atoms with Crippen molar-refractivity contribution in [2.45, 2.75) is 32.3 Å². The molecule has 0 aliphatic carbocycles. The smallest absolute Gasteiger partial charge is 0.332 e. The highest BCUT2D eigenvalue weighted by molar-refractivity contribution is 5.72. The van der Waals surface area contributed by atoms with Gasteiger partial charge in [-0.2, -0.15) is 0 Å². The first-order valence-electron chi connectivity index (χ1n) is 4.17. The SMILES string of the molecule is CCCC(OCCCO)C(=O)O. The van der Waals surface area contributed by atoms with E-state index in [1.54, 1.807) is 0 Å². The minimum atomic E-state index is -0.921. The minimum absolute atomic E-state index is 0.0401. The van der Waals surface area contributed by atoms with E-state index in [1.807, 2.05) is 6.92 Å². The quantitative estimate of drug-likeness (QED) is 0.558. The Labute approximate surface area is 72.2 Å². The summed E-state index contributed by atoms with van der Waals surface area (Å²) in [6.07, 6.45) is 1.10. The molecule has 0 amide bonds. The van der Waals surface area contributed by atoms with Gasteiger partial charge in [-0.3, -0.25) is 0 Å². The molecular formula is C8H16O4. The lowest BCUT2D eigenvalue weighted by molar-refractivity contribution is -0.151. The third-order valence-electron chi connectivity index (χ3n) is 1.45. The summed E-state index contributed by atoms with van der Waals surface area (Å²) < 4.78 is 5.02. The second kappa shape index (κ2) is 7.06. The third kappa shape index (κ3) is 5.09. The minimum Gasteiger partial charge on any atom is -0.479 e. The van der Waals surface area contributed by atoms with Crippen molar-refractivity contribution in [3.63, 3.8) is 0 Å². The van der Waals surface area contributed by atoms with Crippen molar-refractivity contribution in [1.29, 1.82) is 0 Å². The van der Waals surface area contributed by atoms with E-state index in [-0.39, 0.29) is 6.61 Å². The molecule has 1 atom stereocenters. The summed E-state index contributed by atoms with van der Waals surface area (Å²) in [4.78, 5) is 10.5. The lowest BCUT2D eigenvalue weighted by atomic mass is 10.2. The molecule has 0 aromatic carbocycles. The van der Waals surface area contributed by atoms with E-state index < -0.39 is 12.1 Å². The molecule has 1 unspecified atom stereocenters. The van der Waals surface area contributed by atoms with Crippen LogP contribution in [0.5, 0.6) is 0 Å². The van der Waals surface area contributed by atoms with Crippen LogP contribution in [0, 0.1) is 0 Å². The summed E-state index contributed by atoms with van der Waals surface area (Å²) in [6.45, 7) is 2.26. The first kappa shape index (κ1) is 11.4. The molecule has 0 bridgehead atoms. The van der Waals surface area contributed by atoms with Gasteiger partial charge in [-0.05, 0) is 12.8 Å². The summed E-state index contributed by atoms with van der Waals surface area (Å²) in [7, 11) is 0. The lowest BCUT2D eigenvalue weighted by Gasteiger charge is -2.11. The summed E-state index contributed by atoms with van der Waals surface area (Å²) in [5, 5.41) is 17.0. The number of hydrogen-bond donors (Lipinski definition) is 2.